The molecule has 0 saturated carbocycles. The first-order chi connectivity index (χ1) is 9.70. The molecule has 1 aromatic carbocycles. The number of rotatable bonds is 6. The molecular formula is C15H13BrN2OS. The predicted molar refractivity (Wildman–Crippen MR) is 85.2 cm³/mol. The van der Waals surface area contributed by atoms with Gasteiger partial charge in [0.15, 0.2) is 5.78 Å². The second kappa shape index (κ2) is 7.22. The molecule has 0 atom stereocenters. The minimum Gasteiger partial charge on any atom is -0.363 e. The van der Waals surface area contributed by atoms with Crippen LogP contribution in [0.25, 0.3) is 0 Å². The molecule has 1 heterocycles. The fraction of sp³-hybridized carbons (Fsp3) is 0.200. The number of hydrogen-bond donors (Lipinski definition) is 0. The number of anilines is 1. The third-order valence-corrected chi connectivity index (χ3v) is 4.46. The number of benzene rings is 1. The van der Waals surface area contributed by atoms with Gasteiger partial charge in [-0.25, -0.2) is 0 Å². The minimum atomic E-state index is 0.0718. The van der Waals surface area contributed by atoms with Crippen LogP contribution in [0, 0.1) is 11.3 Å². The van der Waals surface area contributed by atoms with Crippen LogP contribution in [-0.4, -0.2) is 18.9 Å². The van der Waals surface area contributed by atoms with Crippen molar-refractivity contribution >= 4 is 38.7 Å². The number of ketones is 1. The van der Waals surface area contributed by atoms with E-state index in [1.54, 1.807) is 0 Å². The molecule has 0 amide bonds. The summed E-state index contributed by atoms with van der Waals surface area (Å²) in [4.78, 5) is 14.9. The van der Waals surface area contributed by atoms with E-state index < -0.39 is 0 Å². The molecule has 0 N–H and O–H groups in total. The first-order valence-electron chi connectivity index (χ1n) is 6.16. The first-order valence-corrected chi connectivity index (χ1v) is 7.77. The number of carbonyl (C=O) groups is 1. The second-order valence-corrected chi connectivity index (χ2v) is 6.66. The number of carbonyl (C=O) groups excluding carboxylic acids is 1. The van der Waals surface area contributed by atoms with Crippen molar-refractivity contribution in [2.45, 2.75) is 6.42 Å². The Balaban J connectivity index is 2.12. The van der Waals surface area contributed by atoms with Crippen LogP contribution < -0.4 is 4.90 Å². The van der Waals surface area contributed by atoms with Gasteiger partial charge in [0.1, 0.15) is 0 Å². The topological polar surface area (TPSA) is 44.1 Å². The van der Waals surface area contributed by atoms with Crippen LogP contribution >= 0.6 is 27.3 Å². The summed E-state index contributed by atoms with van der Waals surface area (Å²) in [5, 5.41) is 8.75. The molecule has 2 aromatic rings. The van der Waals surface area contributed by atoms with Crippen LogP contribution in [0.15, 0.2) is 46.3 Å². The molecule has 0 aliphatic heterocycles. The lowest BCUT2D eigenvalue weighted by molar-refractivity contribution is 0.100. The Labute approximate surface area is 130 Å². The summed E-state index contributed by atoms with van der Waals surface area (Å²) in [6.45, 7) is 0.845. The summed E-state index contributed by atoms with van der Waals surface area (Å²) in [6, 6.07) is 15.5. The van der Waals surface area contributed by atoms with E-state index in [9.17, 15) is 4.79 Å². The summed E-state index contributed by atoms with van der Waals surface area (Å²) in [7, 11) is 0. The Hall–Kier alpha value is -1.64. The van der Waals surface area contributed by atoms with E-state index in [1.807, 2.05) is 47.4 Å². The van der Waals surface area contributed by atoms with Crippen molar-refractivity contribution in [2.24, 2.45) is 0 Å². The third-order valence-electron chi connectivity index (χ3n) is 2.80. The van der Waals surface area contributed by atoms with Crippen molar-refractivity contribution < 1.29 is 4.79 Å². The number of halogens is 1. The number of thiophene rings is 1. The Kier molecular flexibility index (Phi) is 5.33. The van der Waals surface area contributed by atoms with E-state index in [2.05, 4.69) is 22.0 Å². The maximum Gasteiger partial charge on any atom is 0.192 e. The smallest absolute Gasteiger partial charge is 0.192 e. The van der Waals surface area contributed by atoms with Crippen molar-refractivity contribution in [1.82, 2.24) is 0 Å². The largest absolute Gasteiger partial charge is 0.363 e. The van der Waals surface area contributed by atoms with Crippen LogP contribution in [0.3, 0.4) is 0 Å². The molecule has 0 unspecified atom stereocenters. The lowest BCUT2D eigenvalue weighted by Crippen LogP contribution is -2.30. The molecule has 1 aromatic heterocycles. The van der Waals surface area contributed by atoms with Crippen molar-refractivity contribution in [2.75, 3.05) is 18.0 Å². The predicted octanol–water partition coefficient (Wildman–Crippen LogP) is 4.11. The monoisotopic (exact) mass is 348 g/mol. The molecule has 3 nitrogen and oxygen atoms in total. The van der Waals surface area contributed by atoms with Gasteiger partial charge in [-0.15, -0.1) is 11.3 Å². The summed E-state index contributed by atoms with van der Waals surface area (Å²) < 4.78 is 0.948. The summed E-state index contributed by atoms with van der Waals surface area (Å²) in [6.07, 6.45) is 0.399. The van der Waals surface area contributed by atoms with Gasteiger partial charge in [-0.2, -0.15) is 5.26 Å². The van der Waals surface area contributed by atoms with Crippen LogP contribution in [0.1, 0.15) is 16.1 Å². The third kappa shape index (κ3) is 3.92. The van der Waals surface area contributed by atoms with Crippen LogP contribution in [0.2, 0.25) is 0 Å². The molecule has 0 aliphatic rings. The fourth-order valence-electron chi connectivity index (χ4n) is 1.84. The molecule has 2 rings (SSSR count). The maximum absolute atomic E-state index is 12.3. The number of nitrogens with zero attached hydrogens (tertiary/aromatic N) is 2. The van der Waals surface area contributed by atoms with E-state index in [0.29, 0.717) is 19.5 Å². The molecular weight excluding hydrogens is 336 g/mol. The molecule has 102 valence electrons. The molecule has 20 heavy (non-hydrogen) atoms. The second-order valence-electron chi connectivity index (χ2n) is 4.19. The molecule has 0 saturated heterocycles. The van der Waals surface area contributed by atoms with Crippen LogP contribution in [0.5, 0.6) is 0 Å². The standard InChI is InChI=1S/C15H13BrN2OS/c16-15-8-7-14(20-15)13(19)11-18(10-4-9-17)12-5-2-1-3-6-12/h1-3,5-8H,4,10-11H2. The van der Waals surface area contributed by atoms with Gasteiger partial charge in [-0.3, -0.25) is 4.79 Å². The van der Waals surface area contributed by atoms with Crippen LogP contribution in [0.4, 0.5) is 5.69 Å². The van der Waals surface area contributed by atoms with Crippen molar-refractivity contribution in [3.8, 4) is 6.07 Å². The van der Waals surface area contributed by atoms with Gasteiger partial charge in [-0.1, -0.05) is 18.2 Å². The molecule has 0 fully saturated rings. The highest BCUT2D eigenvalue weighted by Crippen LogP contribution is 2.23. The highest BCUT2D eigenvalue weighted by atomic mass is 79.9. The SMILES string of the molecule is N#CCCN(CC(=O)c1ccc(Br)s1)c1ccccc1. The van der Waals surface area contributed by atoms with Gasteiger partial charge in [0, 0.05) is 12.2 Å². The first kappa shape index (κ1) is 14.8. The average Bonchev–Trinajstić information content (AvgIpc) is 2.91. The van der Waals surface area contributed by atoms with E-state index in [4.69, 9.17) is 5.26 Å². The molecule has 5 heteroatoms. The lowest BCUT2D eigenvalue weighted by atomic mass is 10.2. The molecule has 0 bridgehead atoms. The highest BCUT2D eigenvalue weighted by molar-refractivity contribution is 9.11. The van der Waals surface area contributed by atoms with Crippen molar-refractivity contribution in [3.63, 3.8) is 0 Å². The highest BCUT2D eigenvalue weighted by Gasteiger charge is 2.14. The lowest BCUT2D eigenvalue weighted by Gasteiger charge is -2.22. The van der Waals surface area contributed by atoms with Gasteiger partial charge < -0.3 is 4.90 Å². The van der Waals surface area contributed by atoms with Crippen LogP contribution in [-0.2, 0) is 0 Å². The van der Waals surface area contributed by atoms with E-state index in [1.165, 1.54) is 11.3 Å². The maximum atomic E-state index is 12.3. The quantitative estimate of drug-likeness (QED) is 0.737. The van der Waals surface area contributed by atoms with Gasteiger partial charge in [-0.05, 0) is 40.2 Å². The Morgan fingerprint density at radius 2 is 2.00 bits per heavy atom. The number of para-hydroxylation sites is 1. The molecule has 0 spiro atoms. The van der Waals surface area contributed by atoms with Gasteiger partial charge in [0.05, 0.1) is 27.7 Å². The summed E-state index contributed by atoms with van der Waals surface area (Å²) >= 11 is 4.80. The van der Waals surface area contributed by atoms with Gasteiger partial charge >= 0.3 is 0 Å². The minimum absolute atomic E-state index is 0.0718. The summed E-state index contributed by atoms with van der Waals surface area (Å²) in [5.41, 5.74) is 0.965. The number of nitriles is 1. The number of hydrogen-bond acceptors (Lipinski definition) is 4. The molecule has 0 radical (unpaired) electrons. The van der Waals surface area contributed by atoms with E-state index in [0.717, 1.165) is 14.4 Å². The zero-order valence-corrected chi connectivity index (χ0v) is 13.2. The van der Waals surface area contributed by atoms with Gasteiger partial charge in [0.2, 0.25) is 0 Å². The fourth-order valence-corrected chi connectivity index (χ4v) is 3.15. The van der Waals surface area contributed by atoms with Crippen molar-refractivity contribution in [1.29, 1.82) is 5.26 Å². The van der Waals surface area contributed by atoms with E-state index >= 15 is 0 Å². The summed E-state index contributed by atoms with van der Waals surface area (Å²) in [5.74, 6) is 0.0718. The number of Topliss-reactive ketones (excluding diaryl/α,β-unsaturated/α-hetero) is 1. The Morgan fingerprint density at radius 1 is 1.25 bits per heavy atom. The normalized spacial score (nSPS) is 10.0. The Bertz CT molecular complexity index is 618. The molecule has 0 aliphatic carbocycles. The Morgan fingerprint density at radius 3 is 2.60 bits per heavy atom. The van der Waals surface area contributed by atoms with E-state index in [-0.39, 0.29) is 5.78 Å². The zero-order chi connectivity index (χ0) is 14.4. The van der Waals surface area contributed by atoms with Crippen molar-refractivity contribution in [3.05, 3.63) is 51.1 Å². The average molecular weight is 349 g/mol. The van der Waals surface area contributed by atoms with Gasteiger partial charge in [0.25, 0.3) is 0 Å². The zero-order valence-electron chi connectivity index (χ0n) is 10.8.